The third-order valence-corrected chi connectivity index (χ3v) is 2.95. The maximum atomic E-state index is 12.0. The summed E-state index contributed by atoms with van der Waals surface area (Å²) in [6, 6.07) is 5.67. The molecule has 1 aromatic carbocycles. The molecular weight excluding hydrogens is 252 g/mol. The standard InChI is InChI=1S/C13H18N2O2.ClH/c1-13(2,8-14)15-12(16)9-3-4-10-6-17-7-11(10)5-9;/h3-5H,6-8,14H2,1-2H3,(H,15,16);1H. The molecule has 0 radical (unpaired) electrons. The van der Waals surface area contributed by atoms with E-state index < -0.39 is 0 Å². The topological polar surface area (TPSA) is 64.3 Å². The predicted octanol–water partition coefficient (Wildman–Crippen LogP) is 1.61. The molecule has 1 amide bonds. The Labute approximate surface area is 113 Å². The fourth-order valence-electron chi connectivity index (χ4n) is 1.74. The molecule has 0 saturated heterocycles. The number of hydrogen-bond acceptors (Lipinski definition) is 3. The molecule has 18 heavy (non-hydrogen) atoms. The van der Waals surface area contributed by atoms with Crippen LogP contribution in [0.1, 0.15) is 35.3 Å². The third-order valence-electron chi connectivity index (χ3n) is 2.95. The van der Waals surface area contributed by atoms with Gasteiger partial charge >= 0.3 is 0 Å². The van der Waals surface area contributed by atoms with E-state index in [1.807, 2.05) is 32.0 Å². The average molecular weight is 271 g/mol. The van der Waals surface area contributed by atoms with Gasteiger partial charge in [-0.25, -0.2) is 0 Å². The van der Waals surface area contributed by atoms with E-state index in [1.165, 1.54) is 5.56 Å². The molecule has 1 aromatic rings. The first kappa shape index (κ1) is 15.0. The first-order chi connectivity index (χ1) is 8.02. The van der Waals surface area contributed by atoms with Crippen molar-refractivity contribution in [2.75, 3.05) is 6.54 Å². The second-order valence-corrected chi connectivity index (χ2v) is 5.02. The molecule has 0 spiro atoms. The Bertz CT molecular complexity index is 447. The molecule has 5 heteroatoms. The molecule has 100 valence electrons. The lowest BCUT2D eigenvalue weighted by atomic mass is 10.0. The zero-order valence-corrected chi connectivity index (χ0v) is 11.5. The highest BCUT2D eigenvalue weighted by molar-refractivity contribution is 5.95. The van der Waals surface area contributed by atoms with Crippen molar-refractivity contribution in [3.05, 3.63) is 34.9 Å². The van der Waals surface area contributed by atoms with Crippen LogP contribution in [0.4, 0.5) is 0 Å². The molecule has 1 heterocycles. The molecule has 2 rings (SSSR count). The normalized spacial score (nSPS) is 13.7. The van der Waals surface area contributed by atoms with Crippen LogP contribution >= 0.6 is 12.4 Å². The van der Waals surface area contributed by atoms with Crippen LogP contribution in [0.5, 0.6) is 0 Å². The van der Waals surface area contributed by atoms with E-state index in [0.29, 0.717) is 25.3 Å². The molecule has 0 aliphatic carbocycles. The lowest BCUT2D eigenvalue weighted by molar-refractivity contribution is 0.0915. The lowest BCUT2D eigenvalue weighted by Crippen LogP contribution is -2.48. The number of fused-ring (bicyclic) bond motifs is 1. The monoisotopic (exact) mass is 270 g/mol. The summed E-state index contributed by atoms with van der Waals surface area (Å²) in [5, 5.41) is 2.91. The molecule has 4 nitrogen and oxygen atoms in total. The highest BCUT2D eigenvalue weighted by Crippen LogP contribution is 2.21. The fraction of sp³-hybridized carbons (Fsp3) is 0.462. The quantitative estimate of drug-likeness (QED) is 0.877. The number of benzene rings is 1. The second-order valence-electron chi connectivity index (χ2n) is 5.02. The van der Waals surface area contributed by atoms with Crippen LogP contribution in [-0.4, -0.2) is 18.0 Å². The Kier molecular flexibility index (Phi) is 4.73. The third kappa shape index (κ3) is 3.22. The first-order valence-corrected chi connectivity index (χ1v) is 5.74. The number of carbonyl (C=O) groups excluding carboxylic acids is 1. The van der Waals surface area contributed by atoms with Gasteiger partial charge in [-0.15, -0.1) is 12.4 Å². The van der Waals surface area contributed by atoms with Gasteiger partial charge in [0.2, 0.25) is 0 Å². The minimum absolute atomic E-state index is 0. The second kappa shape index (κ2) is 5.69. The highest BCUT2D eigenvalue weighted by Gasteiger charge is 2.20. The van der Waals surface area contributed by atoms with Crippen molar-refractivity contribution in [1.29, 1.82) is 0 Å². The molecule has 0 fully saturated rings. The number of halogens is 1. The van der Waals surface area contributed by atoms with Gasteiger partial charge in [-0.05, 0) is 37.1 Å². The Morgan fingerprint density at radius 3 is 2.72 bits per heavy atom. The molecular formula is C13H19ClN2O2. The highest BCUT2D eigenvalue weighted by atomic mass is 35.5. The van der Waals surface area contributed by atoms with Crippen molar-refractivity contribution in [3.8, 4) is 0 Å². The van der Waals surface area contributed by atoms with E-state index in [9.17, 15) is 4.79 Å². The van der Waals surface area contributed by atoms with Gasteiger partial charge in [-0.2, -0.15) is 0 Å². The summed E-state index contributed by atoms with van der Waals surface area (Å²) in [6.45, 7) is 5.46. The average Bonchev–Trinajstić information content (AvgIpc) is 2.75. The van der Waals surface area contributed by atoms with E-state index in [2.05, 4.69) is 5.32 Å². The van der Waals surface area contributed by atoms with Gasteiger partial charge in [-0.1, -0.05) is 6.07 Å². The Hall–Kier alpha value is -1.10. The first-order valence-electron chi connectivity index (χ1n) is 5.74. The predicted molar refractivity (Wildman–Crippen MR) is 72.8 cm³/mol. The number of ether oxygens (including phenoxy) is 1. The van der Waals surface area contributed by atoms with Gasteiger partial charge in [0.15, 0.2) is 0 Å². The smallest absolute Gasteiger partial charge is 0.251 e. The van der Waals surface area contributed by atoms with E-state index >= 15 is 0 Å². The molecule has 1 aliphatic rings. The molecule has 0 bridgehead atoms. The zero-order valence-electron chi connectivity index (χ0n) is 10.7. The lowest BCUT2D eigenvalue weighted by Gasteiger charge is -2.24. The van der Waals surface area contributed by atoms with E-state index in [0.717, 1.165) is 5.56 Å². The summed E-state index contributed by atoms with van der Waals surface area (Å²) in [4.78, 5) is 12.0. The van der Waals surface area contributed by atoms with Crippen molar-refractivity contribution < 1.29 is 9.53 Å². The summed E-state index contributed by atoms with van der Waals surface area (Å²) in [7, 11) is 0. The number of carbonyl (C=O) groups is 1. The molecule has 0 aromatic heterocycles. The van der Waals surface area contributed by atoms with Gasteiger partial charge in [0.25, 0.3) is 5.91 Å². The molecule has 0 saturated carbocycles. The van der Waals surface area contributed by atoms with Crippen LogP contribution in [0.2, 0.25) is 0 Å². The van der Waals surface area contributed by atoms with Crippen molar-refractivity contribution in [1.82, 2.24) is 5.32 Å². The Balaban J connectivity index is 0.00000162. The maximum absolute atomic E-state index is 12.0. The Morgan fingerprint density at radius 2 is 2.06 bits per heavy atom. The largest absolute Gasteiger partial charge is 0.372 e. The number of nitrogens with one attached hydrogen (secondary N) is 1. The van der Waals surface area contributed by atoms with Crippen LogP contribution in [0.15, 0.2) is 18.2 Å². The van der Waals surface area contributed by atoms with Gasteiger partial charge in [0.05, 0.1) is 13.2 Å². The number of rotatable bonds is 3. The SMILES string of the molecule is CC(C)(CN)NC(=O)c1ccc2c(c1)COC2.Cl. The van der Waals surface area contributed by atoms with Crippen LogP contribution in [-0.2, 0) is 18.0 Å². The van der Waals surface area contributed by atoms with E-state index in [4.69, 9.17) is 10.5 Å². The summed E-state index contributed by atoms with van der Waals surface area (Å²) in [5.41, 5.74) is 8.14. The summed E-state index contributed by atoms with van der Waals surface area (Å²) in [6.07, 6.45) is 0. The molecule has 0 unspecified atom stereocenters. The van der Waals surface area contributed by atoms with Gasteiger partial charge in [0, 0.05) is 17.6 Å². The number of hydrogen-bond donors (Lipinski definition) is 2. The Morgan fingerprint density at radius 1 is 1.39 bits per heavy atom. The van der Waals surface area contributed by atoms with Crippen molar-refractivity contribution >= 4 is 18.3 Å². The van der Waals surface area contributed by atoms with Gasteiger partial charge < -0.3 is 15.8 Å². The van der Waals surface area contributed by atoms with Gasteiger partial charge in [-0.3, -0.25) is 4.79 Å². The van der Waals surface area contributed by atoms with Crippen LogP contribution in [0.25, 0.3) is 0 Å². The van der Waals surface area contributed by atoms with Gasteiger partial charge in [0.1, 0.15) is 0 Å². The van der Waals surface area contributed by atoms with Crippen LogP contribution in [0.3, 0.4) is 0 Å². The van der Waals surface area contributed by atoms with E-state index in [1.54, 1.807) is 0 Å². The van der Waals surface area contributed by atoms with Crippen LogP contribution < -0.4 is 11.1 Å². The zero-order chi connectivity index (χ0) is 12.5. The summed E-state index contributed by atoms with van der Waals surface area (Å²) >= 11 is 0. The minimum atomic E-state index is -0.382. The van der Waals surface area contributed by atoms with Crippen molar-refractivity contribution in [3.63, 3.8) is 0 Å². The fourth-order valence-corrected chi connectivity index (χ4v) is 1.74. The van der Waals surface area contributed by atoms with Crippen molar-refractivity contribution in [2.24, 2.45) is 5.73 Å². The van der Waals surface area contributed by atoms with E-state index in [-0.39, 0.29) is 23.9 Å². The summed E-state index contributed by atoms with van der Waals surface area (Å²) < 4.78 is 5.32. The van der Waals surface area contributed by atoms with Crippen LogP contribution in [0, 0.1) is 0 Å². The summed E-state index contributed by atoms with van der Waals surface area (Å²) in [5.74, 6) is -0.0878. The number of nitrogens with two attached hydrogens (primary N) is 1. The molecule has 0 atom stereocenters. The molecule has 1 aliphatic heterocycles. The van der Waals surface area contributed by atoms with Crippen molar-refractivity contribution in [2.45, 2.75) is 32.6 Å². The minimum Gasteiger partial charge on any atom is -0.372 e. The molecule has 3 N–H and O–H groups in total. The number of amides is 1. The maximum Gasteiger partial charge on any atom is 0.251 e.